The van der Waals surface area contributed by atoms with Crippen molar-refractivity contribution in [3.05, 3.63) is 84.2 Å². The van der Waals surface area contributed by atoms with Gasteiger partial charge in [-0.25, -0.2) is 8.78 Å². The zero-order valence-electron chi connectivity index (χ0n) is 17.2. The van der Waals surface area contributed by atoms with Crippen LogP contribution in [0.15, 0.2) is 72.1 Å². The third kappa shape index (κ3) is 4.38. The summed E-state index contributed by atoms with van der Waals surface area (Å²) in [6.07, 6.45) is 3.31. The van der Waals surface area contributed by atoms with Crippen LogP contribution in [0.2, 0.25) is 0 Å². The van der Waals surface area contributed by atoms with Crippen LogP contribution in [0, 0.1) is 11.6 Å². The predicted molar refractivity (Wildman–Crippen MR) is 117 cm³/mol. The van der Waals surface area contributed by atoms with Crippen molar-refractivity contribution in [1.82, 2.24) is 19.7 Å². The number of halogens is 2. The van der Waals surface area contributed by atoms with E-state index in [4.69, 9.17) is 4.74 Å². The molecule has 0 aliphatic heterocycles. The summed E-state index contributed by atoms with van der Waals surface area (Å²) < 4.78 is 33.9. The molecule has 0 fully saturated rings. The Morgan fingerprint density at radius 3 is 2.38 bits per heavy atom. The first kappa shape index (κ1) is 21.6. The Morgan fingerprint density at radius 1 is 1.00 bits per heavy atom. The maximum absolute atomic E-state index is 13.6. The minimum Gasteiger partial charge on any atom is -0.497 e. The van der Waals surface area contributed by atoms with Gasteiger partial charge in [-0.1, -0.05) is 11.8 Å². The van der Waals surface area contributed by atoms with Gasteiger partial charge in [0.15, 0.2) is 28.4 Å². The van der Waals surface area contributed by atoms with Crippen LogP contribution in [0.1, 0.15) is 17.3 Å². The van der Waals surface area contributed by atoms with Crippen molar-refractivity contribution in [1.29, 1.82) is 0 Å². The zero-order valence-corrected chi connectivity index (χ0v) is 18.0. The molecule has 1 atom stereocenters. The fraction of sp³-hybridized carbons (Fsp3) is 0.130. The van der Waals surface area contributed by atoms with Crippen LogP contribution in [0.4, 0.5) is 8.78 Å². The second kappa shape index (κ2) is 9.27. The van der Waals surface area contributed by atoms with Crippen LogP contribution in [0.3, 0.4) is 0 Å². The molecule has 2 aromatic heterocycles. The molecule has 0 bridgehead atoms. The van der Waals surface area contributed by atoms with Gasteiger partial charge in [-0.3, -0.25) is 14.3 Å². The summed E-state index contributed by atoms with van der Waals surface area (Å²) in [7, 11) is 1.59. The lowest BCUT2D eigenvalue weighted by Gasteiger charge is -2.14. The molecule has 0 amide bonds. The van der Waals surface area contributed by atoms with Crippen molar-refractivity contribution < 1.29 is 18.3 Å². The summed E-state index contributed by atoms with van der Waals surface area (Å²) in [6, 6.07) is 14.1. The van der Waals surface area contributed by atoms with E-state index in [0.29, 0.717) is 16.7 Å². The molecule has 0 radical (unpaired) electrons. The number of pyridine rings is 1. The van der Waals surface area contributed by atoms with Gasteiger partial charge in [0.05, 0.1) is 12.4 Å². The average Bonchev–Trinajstić information content (AvgIpc) is 3.24. The monoisotopic (exact) mass is 452 g/mol. The number of benzene rings is 2. The topological polar surface area (TPSA) is 69.9 Å². The summed E-state index contributed by atoms with van der Waals surface area (Å²) in [6.45, 7) is 1.69. The molecule has 0 aliphatic carbocycles. The molecule has 0 spiro atoms. The van der Waals surface area contributed by atoms with E-state index < -0.39 is 16.9 Å². The molecule has 6 nitrogen and oxygen atoms in total. The third-order valence-corrected chi connectivity index (χ3v) is 5.80. The van der Waals surface area contributed by atoms with E-state index in [-0.39, 0.29) is 11.3 Å². The molecular formula is C23H18F2N4O2S. The van der Waals surface area contributed by atoms with Gasteiger partial charge in [-0.15, -0.1) is 10.2 Å². The number of aromatic nitrogens is 4. The highest BCUT2D eigenvalue weighted by Crippen LogP contribution is 2.31. The molecule has 4 aromatic rings. The van der Waals surface area contributed by atoms with Crippen LogP contribution in [-0.2, 0) is 0 Å². The van der Waals surface area contributed by atoms with Crippen molar-refractivity contribution >= 4 is 17.5 Å². The fourth-order valence-electron chi connectivity index (χ4n) is 3.09. The molecular weight excluding hydrogens is 434 g/mol. The number of hydrogen-bond donors (Lipinski definition) is 0. The van der Waals surface area contributed by atoms with Crippen molar-refractivity contribution in [2.45, 2.75) is 17.3 Å². The van der Waals surface area contributed by atoms with Crippen LogP contribution in [0.25, 0.3) is 17.1 Å². The van der Waals surface area contributed by atoms with Gasteiger partial charge in [0.25, 0.3) is 0 Å². The van der Waals surface area contributed by atoms with Gasteiger partial charge in [-0.2, -0.15) is 0 Å². The van der Waals surface area contributed by atoms with Gasteiger partial charge in [0, 0.05) is 29.2 Å². The number of ketones is 1. The lowest BCUT2D eigenvalue weighted by atomic mass is 10.1. The van der Waals surface area contributed by atoms with E-state index in [9.17, 15) is 13.6 Å². The summed E-state index contributed by atoms with van der Waals surface area (Å²) in [4.78, 5) is 16.9. The fourth-order valence-corrected chi connectivity index (χ4v) is 4.04. The first-order valence-corrected chi connectivity index (χ1v) is 10.5. The summed E-state index contributed by atoms with van der Waals surface area (Å²) in [5, 5.41) is 8.48. The summed E-state index contributed by atoms with van der Waals surface area (Å²) in [5.41, 5.74) is 1.67. The maximum atomic E-state index is 13.6. The van der Waals surface area contributed by atoms with Crippen LogP contribution >= 0.6 is 11.8 Å². The Labute approximate surface area is 187 Å². The molecule has 2 heterocycles. The normalized spacial score (nSPS) is 11.9. The third-order valence-electron chi connectivity index (χ3n) is 4.76. The number of methoxy groups -OCH3 is 1. The number of hydrogen-bond acceptors (Lipinski definition) is 6. The lowest BCUT2D eigenvalue weighted by Crippen LogP contribution is -2.15. The largest absolute Gasteiger partial charge is 0.497 e. The SMILES string of the molecule is COc1ccc(-n2c(SC(C)C(=O)c3ccc(F)c(F)c3)nnc2-c2ccncc2)cc1. The standard InChI is InChI=1S/C23H18F2N4O2S/c1-14(21(30)16-3-8-19(24)20(25)13-16)32-23-28-27-22(15-9-11-26-12-10-15)29(23)17-4-6-18(31-2)7-5-17/h3-14H,1-2H3. The average molecular weight is 452 g/mol. The summed E-state index contributed by atoms with van der Waals surface area (Å²) >= 11 is 1.18. The van der Waals surface area contributed by atoms with E-state index >= 15 is 0 Å². The van der Waals surface area contributed by atoms with E-state index in [2.05, 4.69) is 15.2 Å². The van der Waals surface area contributed by atoms with Crippen molar-refractivity contribution in [3.63, 3.8) is 0 Å². The molecule has 0 N–H and O–H groups in total. The van der Waals surface area contributed by atoms with Crippen LogP contribution in [0.5, 0.6) is 5.75 Å². The van der Waals surface area contributed by atoms with Gasteiger partial charge in [-0.05, 0) is 61.5 Å². The predicted octanol–water partition coefficient (Wildman–Crippen LogP) is 4.98. The zero-order chi connectivity index (χ0) is 22.7. The Bertz CT molecular complexity index is 1250. The lowest BCUT2D eigenvalue weighted by molar-refractivity contribution is 0.0993. The van der Waals surface area contributed by atoms with Gasteiger partial charge < -0.3 is 4.74 Å². The van der Waals surface area contributed by atoms with Crippen LogP contribution in [-0.4, -0.2) is 37.9 Å². The Morgan fingerprint density at radius 2 is 1.72 bits per heavy atom. The molecule has 1 unspecified atom stereocenters. The van der Waals surface area contributed by atoms with E-state index in [1.54, 1.807) is 26.4 Å². The minimum atomic E-state index is -1.06. The first-order valence-electron chi connectivity index (χ1n) is 9.64. The highest BCUT2D eigenvalue weighted by Gasteiger charge is 2.23. The second-order valence-electron chi connectivity index (χ2n) is 6.83. The Kier molecular flexibility index (Phi) is 6.27. The molecule has 2 aromatic carbocycles. The molecule has 0 aliphatic rings. The molecule has 4 rings (SSSR count). The Balaban J connectivity index is 1.70. The molecule has 32 heavy (non-hydrogen) atoms. The highest BCUT2D eigenvalue weighted by atomic mass is 32.2. The molecule has 0 saturated carbocycles. The first-order chi connectivity index (χ1) is 15.5. The smallest absolute Gasteiger partial charge is 0.196 e. The van der Waals surface area contributed by atoms with Crippen molar-refractivity contribution in [2.75, 3.05) is 7.11 Å². The number of ether oxygens (including phenoxy) is 1. The van der Waals surface area contributed by atoms with Gasteiger partial charge in [0.2, 0.25) is 0 Å². The van der Waals surface area contributed by atoms with Gasteiger partial charge in [0.1, 0.15) is 5.75 Å². The number of rotatable bonds is 7. The van der Waals surface area contributed by atoms with Crippen molar-refractivity contribution in [2.24, 2.45) is 0 Å². The number of carbonyl (C=O) groups is 1. The van der Waals surface area contributed by atoms with Gasteiger partial charge >= 0.3 is 0 Å². The van der Waals surface area contributed by atoms with Crippen LogP contribution < -0.4 is 4.74 Å². The van der Waals surface area contributed by atoms with E-state index in [1.165, 1.54) is 17.8 Å². The minimum absolute atomic E-state index is 0.0915. The molecule has 9 heteroatoms. The highest BCUT2D eigenvalue weighted by molar-refractivity contribution is 8.00. The molecule has 162 valence electrons. The maximum Gasteiger partial charge on any atom is 0.196 e. The van der Waals surface area contributed by atoms with E-state index in [0.717, 1.165) is 23.4 Å². The van der Waals surface area contributed by atoms with Crippen molar-refractivity contribution in [3.8, 4) is 22.8 Å². The summed E-state index contributed by atoms with van der Waals surface area (Å²) in [5.74, 6) is -1.13. The second-order valence-corrected chi connectivity index (χ2v) is 8.14. The number of nitrogens with zero attached hydrogens (tertiary/aromatic N) is 4. The Hall–Kier alpha value is -3.59. The van der Waals surface area contributed by atoms with E-state index in [1.807, 2.05) is 41.0 Å². The number of Topliss-reactive ketones (excluding diaryl/α,β-unsaturated/α-hetero) is 1. The number of thioether (sulfide) groups is 1. The quantitative estimate of drug-likeness (QED) is 0.291. The molecule has 0 saturated heterocycles. The number of carbonyl (C=O) groups excluding carboxylic acids is 1.